The monoisotopic (exact) mass is 238 g/mol. The van der Waals surface area contributed by atoms with Crippen molar-refractivity contribution in [3.05, 3.63) is 17.3 Å². The molecule has 96 valence electrons. The summed E-state index contributed by atoms with van der Waals surface area (Å²) in [5.41, 5.74) is 6.72. The van der Waals surface area contributed by atoms with Crippen molar-refractivity contribution in [2.24, 2.45) is 11.7 Å². The van der Waals surface area contributed by atoms with Crippen LogP contribution < -0.4 is 5.73 Å². The Morgan fingerprint density at radius 1 is 1.35 bits per heavy atom. The summed E-state index contributed by atoms with van der Waals surface area (Å²) in [5, 5.41) is 0. The Balaban J connectivity index is 1.88. The van der Waals surface area contributed by atoms with E-state index in [9.17, 15) is 0 Å². The summed E-state index contributed by atoms with van der Waals surface area (Å²) in [6, 6.07) is 0. The molecular weight excluding hydrogens is 216 g/mol. The van der Waals surface area contributed by atoms with Crippen molar-refractivity contribution < 1.29 is 9.15 Å². The van der Waals surface area contributed by atoms with E-state index in [0.717, 1.165) is 17.9 Å². The van der Waals surface area contributed by atoms with E-state index in [0.29, 0.717) is 25.0 Å². The molecule has 0 aliphatic heterocycles. The number of hydrogen-bond acceptors (Lipinski definition) is 4. The van der Waals surface area contributed by atoms with Crippen molar-refractivity contribution in [1.82, 2.24) is 4.98 Å². The Bertz CT molecular complexity index is 343. The summed E-state index contributed by atoms with van der Waals surface area (Å²) in [4.78, 5) is 4.32. The zero-order valence-electron chi connectivity index (χ0n) is 10.7. The van der Waals surface area contributed by atoms with Gasteiger partial charge in [0, 0.05) is 0 Å². The summed E-state index contributed by atoms with van der Waals surface area (Å²) in [6.07, 6.45) is 5.09. The SMILES string of the molecule is Cc1nc(COC2CCCCC2CN)oc1C. The van der Waals surface area contributed by atoms with E-state index in [4.69, 9.17) is 14.9 Å². The van der Waals surface area contributed by atoms with E-state index in [1.807, 2.05) is 13.8 Å². The number of hydrogen-bond donors (Lipinski definition) is 1. The predicted molar refractivity (Wildman–Crippen MR) is 65.6 cm³/mol. The lowest BCUT2D eigenvalue weighted by molar-refractivity contribution is -0.0265. The minimum Gasteiger partial charge on any atom is -0.443 e. The molecule has 0 aromatic carbocycles. The standard InChI is InChI=1S/C13H22N2O2/c1-9-10(2)17-13(15-9)8-16-12-6-4-3-5-11(12)7-14/h11-12H,3-8,14H2,1-2H3. The van der Waals surface area contributed by atoms with Crippen LogP contribution in [0.1, 0.15) is 43.0 Å². The van der Waals surface area contributed by atoms with Crippen molar-refractivity contribution in [1.29, 1.82) is 0 Å². The quantitative estimate of drug-likeness (QED) is 0.874. The smallest absolute Gasteiger partial charge is 0.220 e. The van der Waals surface area contributed by atoms with Crippen molar-refractivity contribution >= 4 is 0 Å². The third-order valence-corrected chi connectivity index (χ3v) is 3.64. The number of nitrogens with zero attached hydrogens (tertiary/aromatic N) is 1. The highest BCUT2D eigenvalue weighted by Crippen LogP contribution is 2.26. The maximum atomic E-state index is 5.90. The first-order valence-corrected chi connectivity index (χ1v) is 6.45. The van der Waals surface area contributed by atoms with Crippen LogP contribution in [0.3, 0.4) is 0 Å². The van der Waals surface area contributed by atoms with Gasteiger partial charge in [-0.15, -0.1) is 0 Å². The molecule has 1 aliphatic carbocycles. The van der Waals surface area contributed by atoms with Gasteiger partial charge in [0.2, 0.25) is 5.89 Å². The normalized spacial score (nSPS) is 25.1. The zero-order valence-corrected chi connectivity index (χ0v) is 10.7. The highest BCUT2D eigenvalue weighted by Gasteiger charge is 2.25. The van der Waals surface area contributed by atoms with E-state index in [1.165, 1.54) is 19.3 Å². The van der Waals surface area contributed by atoms with Crippen LogP contribution in [0.25, 0.3) is 0 Å². The van der Waals surface area contributed by atoms with Crippen LogP contribution in [0.15, 0.2) is 4.42 Å². The second-order valence-corrected chi connectivity index (χ2v) is 4.88. The Morgan fingerprint density at radius 2 is 2.12 bits per heavy atom. The predicted octanol–water partition coefficient (Wildman–Crippen LogP) is 2.33. The highest BCUT2D eigenvalue weighted by atomic mass is 16.5. The van der Waals surface area contributed by atoms with Gasteiger partial charge in [-0.25, -0.2) is 4.98 Å². The lowest BCUT2D eigenvalue weighted by Gasteiger charge is -2.30. The molecule has 1 saturated carbocycles. The van der Waals surface area contributed by atoms with Crippen molar-refractivity contribution in [2.75, 3.05) is 6.54 Å². The minimum atomic E-state index is 0.279. The van der Waals surface area contributed by atoms with Gasteiger partial charge in [0.1, 0.15) is 12.4 Å². The summed E-state index contributed by atoms with van der Waals surface area (Å²) >= 11 is 0. The van der Waals surface area contributed by atoms with Crippen LogP contribution >= 0.6 is 0 Å². The first-order valence-electron chi connectivity index (χ1n) is 6.45. The number of ether oxygens (including phenoxy) is 1. The second kappa shape index (κ2) is 5.65. The van der Waals surface area contributed by atoms with E-state index in [2.05, 4.69) is 4.98 Å². The largest absolute Gasteiger partial charge is 0.443 e. The molecule has 4 heteroatoms. The summed E-state index contributed by atoms with van der Waals surface area (Å²) < 4.78 is 11.4. The number of aromatic nitrogens is 1. The van der Waals surface area contributed by atoms with Gasteiger partial charge in [-0.2, -0.15) is 0 Å². The van der Waals surface area contributed by atoms with Gasteiger partial charge in [-0.3, -0.25) is 0 Å². The van der Waals surface area contributed by atoms with Gasteiger partial charge in [0.05, 0.1) is 11.8 Å². The molecule has 1 fully saturated rings. The Hall–Kier alpha value is -0.870. The van der Waals surface area contributed by atoms with Crippen LogP contribution in [-0.4, -0.2) is 17.6 Å². The van der Waals surface area contributed by atoms with Gasteiger partial charge in [-0.05, 0) is 39.2 Å². The van der Waals surface area contributed by atoms with Crippen LogP contribution in [0.5, 0.6) is 0 Å². The lowest BCUT2D eigenvalue weighted by Crippen LogP contribution is -2.33. The van der Waals surface area contributed by atoms with E-state index in [1.54, 1.807) is 0 Å². The fourth-order valence-electron chi connectivity index (χ4n) is 2.44. The molecule has 2 N–H and O–H groups in total. The number of nitrogens with two attached hydrogens (primary N) is 1. The maximum Gasteiger partial charge on any atom is 0.220 e. The molecule has 2 rings (SSSR count). The number of rotatable bonds is 4. The molecule has 2 atom stereocenters. The molecule has 0 saturated heterocycles. The summed E-state index contributed by atoms with van der Waals surface area (Å²) in [6.45, 7) is 5.06. The summed E-state index contributed by atoms with van der Waals surface area (Å²) in [7, 11) is 0. The molecule has 17 heavy (non-hydrogen) atoms. The van der Waals surface area contributed by atoms with Crippen molar-refractivity contribution in [2.45, 2.75) is 52.2 Å². The van der Waals surface area contributed by atoms with Gasteiger partial charge >= 0.3 is 0 Å². The number of oxazole rings is 1. The number of aryl methyl sites for hydroxylation is 2. The third kappa shape index (κ3) is 3.07. The topological polar surface area (TPSA) is 61.3 Å². The molecular formula is C13H22N2O2. The lowest BCUT2D eigenvalue weighted by atomic mass is 9.86. The van der Waals surface area contributed by atoms with E-state index in [-0.39, 0.29) is 6.10 Å². The fraction of sp³-hybridized carbons (Fsp3) is 0.769. The fourth-order valence-corrected chi connectivity index (χ4v) is 2.44. The van der Waals surface area contributed by atoms with Crippen LogP contribution in [0.4, 0.5) is 0 Å². The summed E-state index contributed by atoms with van der Waals surface area (Å²) in [5.74, 6) is 2.06. The Labute approximate surface area is 103 Å². The van der Waals surface area contributed by atoms with E-state index < -0.39 is 0 Å². The minimum absolute atomic E-state index is 0.279. The molecule has 1 aliphatic rings. The molecule has 1 heterocycles. The molecule has 1 aromatic rings. The van der Waals surface area contributed by atoms with Crippen molar-refractivity contribution in [3.8, 4) is 0 Å². The van der Waals surface area contributed by atoms with Crippen LogP contribution in [-0.2, 0) is 11.3 Å². The average molecular weight is 238 g/mol. The Kier molecular flexibility index (Phi) is 4.18. The third-order valence-electron chi connectivity index (χ3n) is 3.64. The van der Waals surface area contributed by atoms with Crippen molar-refractivity contribution in [3.63, 3.8) is 0 Å². The van der Waals surface area contributed by atoms with Crippen LogP contribution in [0, 0.1) is 19.8 Å². The molecule has 0 bridgehead atoms. The van der Waals surface area contributed by atoms with Gasteiger partial charge in [0.25, 0.3) is 0 Å². The first-order chi connectivity index (χ1) is 8.20. The molecule has 2 unspecified atom stereocenters. The average Bonchev–Trinajstić information content (AvgIpc) is 2.66. The molecule has 0 amide bonds. The van der Waals surface area contributed by atoms with E-state index >= 15 is 0 Å². The zero-order chi connectivity index (χ0) is 12.3. The maximum absolute atomic E-state index is 5.90. The second-order valence-electron chi connectivity index (χ2n) is 4.88. The Morgan fingerprint density at radius 3 is 2.76 bits per heavy atom. The molecule has 0 radical (unpaired) electrons. The van der Waals surface area contributed by atoms with Gasteiger partial charge in [-0.1, -0.05) is 12.8 Å². The molecule has 1 aromatic heterocycles. The van der Waals surface area contributed by atoms with Gasteiger partial charge < -0.3 is 14.9 Å². The highest BCUT2D eigenvalue weighted by molar-refractivity contribution is 5.04. The van der Waals surface area contributed by atoms with Gasteiger partial charge in [0.15, 0.2) is 0 Å². The first kappa shape index (κ1) is 12.6. The molecule has 0 spiro atoms. The van der Waals surface area contributed by atoms with Crippen LogP contribution in [0.2, 0.25) is 0 Å². The molecule has 4 nitrogen and oxygen atoms in total.